The third-order valence-electron chi connectivity index (χ3n) is 6.31. The number of carbonyl (C=O) groups is 2. The Bertz CT molecular complexity index is 503. The SMILES string of the molecule is COCO[C@@H]1[C@@]2(C)CC(=O)[C@H](OC(C)=O)[C@@]13CCC[C@@]3(C)C2. The number of ketones is 1. The molecule has 0 amide bonds. The zero-order chi connectivity index (χ0) is 16.2. The average Bonchev–Trinajstić information content (AvgIpc) is 2.77. The van der Waals surface area contributed by atoms with Crippen LogP contribution in [0.2, 0.25) is 0 Å². The van der Waals surface area contributed by atoms with Gasteiger partial charge >= 0.3 is 5.97 Å². The van der Waals surface area contributed by atoms with Crippen LogP contribution in [0.4, 0.5) is 0 Å². The molecule has 2 bridgehead atoms. The minimum atomic E-state index is -0.671. The number of hydrogen-bond donors (Lipinski definition) is 0. The molecule has 0 aromatic rings. The Balaban J connectivity index is 2.07. The van der Waals surface area contributed by atoms with Crippen LogP contribution in [-0.2, 0) is 23.8 Å². The highest BCUT2D eigenvalue weighted by molar-refractivity contribution is 5.89. The second kappa shape index (κ2) is 5.03. The summed E-state index contributed by atoms with van der Waals surface area (Å²) in [5, 5.41) is 0. The summed E-state index contributed by atoms with van der Waals surface area (Å²) < 4.78 is 16.8. The van der Waals surface area contributed by atoms with E-state index in [-0.39, 0.29) is 35.5 Å². The lowest BCUT2D eigenvalue weighted by atomic mass is 9.60. The van der Waals surface area contributed by atoms with Crippen molar-refractivity contribution in [2.75, 3.05) is 13.9 Å². The lowest BCUT2D eigenvalue weighted by Crippen LogP contribution is -2.59. The van der Waals surface area contributed by atoms with Gasteiger partial charge in [0.05, 0.1) is 6.10 Å². The number of fused-ring (bicyclic) bond motifs is 1. The molecule has 5 heteroatoms. The standard InChI is InChI=1S/C17H26O5/c1-11(18)22-13-12(19)8-15(2)9-16(3)6-5-7-17(13,16)14(15)21-10-20-4/h13-14H,5-10H2,1-4H3/t13-,14+,15-,16-,17-/m0/s1. The van der Waals surface area contributed by atoms with E-state index in [2.05, 4.69) is 13.8 Å². The van der Waals surface area contributed by atoms with Gasteiger partial charge in [0.1, 0.15) is 6.79 Å². The fourth-order valence-corrected chi connectivity index (χ4v) is 5.95. The number of rotatable bonds is 4. The predicted octanol–water partition coefficient (Wildman–Crippen LogP) is 2.47. The molecule has 3 rings (SSSR count). The van der Waals surface area contributed by atoms with Crippen LogP contribution < -0.4 is 0 Å². The number of ether oxygens (including phenoxy) is 3. The lowest BCUT2D eigenvalue weighted by molar-refractivity contribution is -0.209. The van der Waals surface area contributed by atoms with Gasteiger partial charge in [-0.05, 0) is 24.7 Å². The van der Waals surface area contributed by atoms with Crippen molar-refractivity contribution in [2.24, 2.45) is 16.2 Å². The summed E-state index contributed by atoms with van der Waals surface area (Å²) in [4.78, 5) is 24.3. The highest BCUT2D eigenvalue weighted by atomic mass is 16.7. The molecule has 3 aliphatic carbocycles. The third kappa shape index (κ3) is 1.91. The maximum absolute atomic E-state index is 12.7. The number of esters is 1. The summed E-state index contributed by atoms with van der Waals surface area (Å²) in [6.07, 6.45) is 3.56. The number of methoxy groups -OCH3 is 1. The summed E-state index contributed by atoms with van der Waals surface area (Å²) >= 11 is 0. The van der Waals surface area contributed by atoms with Gasteiger partial charge < -0.3 is 14.2 Å². The fourth-order valence-electron chi connectivity index (χ4n) is 5.95. The Labute approximate surface area is 131 Å². The fraction of sp³-hybridized carbons (Fsp3) is 0.882. The highest BCUT2D eigenvalue weighted by Crippen LogP contribution is 2.73. The van der Waals surface area contributed by atoms with Gasteiger partial charge in [0.25, 0.3) is 0 Å². The van der Waals surface area contributed by atoms with Gasteiger partial charge in [-0.2, -0.15) is 0 Å². The van der Waals surface area contributed by atoms with Crippen LogP contribution in [0.3, 0.4) is 0 Å². The van der Waals surface area contributed by atoms with E-state index in [0.29, 0.717) is 6.42 Å². The molecule has 0 radical (unpaired) electrons. The maximum atomic E-state index is 12.7. The highest BCUT2D eigenvalue weighted by Gasteiger charge is 2.76. The first-order valence-electron chi connectivity index (χ1n) is 8.10. The zero-order valence-electron chi connectivity index (χ0n) is 13.9. The van der Waals surface area contributed by atoms with Gasteiger partial charge in [-0.3, -0.25) is 9.59 Å². The van der Waals surface area contributed by atoms with Crippen molar-refractivity contribution < 1.29 is 23.8 Å². The Hall–Kier alpha value is -0.940. The van der Waals surface area contributed by atoms with Gasteiger partial charge in [-0.1, -0.05) is 20.3 Å². The molecule has 3 aliphatic rings. The summed E-state index contributed by atoms with van der Waals surface area (Å²) in [6, 6.07) is 0. The molecule has 22 heavy (non-hydrogen) atoms. The molecule has 0 N–H and O–H groups in total. The van der Waals surface area contributed by atoms with E-state index in [1.54, 1.807) is 7.11 Å². The predicted molar refractivity (Wildman–Crippen MR) is 79.0 cm³/mol. The first kappa shape index (κ1) is 15.9. The molecule has 3 saturated carbocycles. The molecule has 5 nitrogen and oxygen atoms in total. The van der Waals surface area contributed by atoms with E-state index in [1.165, 1.54) is 6.92 Å². The summed E-state index contributed by atoms with van der Waals surface area (Å²) in [7, 11) is 1.60. The summed E-state index contributed by atoms with van der Waals surface area (Å²) in [6.45, 7) is 5.97. The van der Waals surface area contributed by atoms with Gasteiger partial charge in [-0.15, -0.1) is 0 Å². The maximum Gasteiger partial charge on any atom is 0.303 e. The van der Waals surface area contributed by atoms with Crippen LogP contribution in [0.5, 0.6) is 0 Å². The smallest absolute Gasteiger partial charge is 0.303 e. The normalized spacial score (nSPS) is 46.6. The second-order valence-corrected chi connectivity index (χ2v) is 7.87. The van der Waals surface area contributed by atoms with E-state index in [1.807, 2.05) is 0 Å². The monoisotopic (exact) mass is 310 g/mol. The van der Waals surface area contributed by atoms with Crippen LogP contribution in [0.25, 0.3) is 0 Å². The van der Waals surface area contributed by atoms with Crippen LogP contribution in [0.1, 0.15) is 52.9 Å². The molecular weight excluding hydrogens is 284 g/mol. The van der Waals surface area contributed by atoms with Crippen molar-refractivity contribution in [3.05, 3.63) is 0 Å². The molecule has 3 fully saturated rings. The zero-order valence-corrected chi connectivity index (χ0v) is 13.9. The van der Waals surface area contributed by atoms with Gasteiger partial charge in [0, 0.05) is 31.3 Å². The van der Waals surface area contributed by atoms with Gasteiger partial charge in [-0.25, -0.2) is 0 Å². The van der Waals surface area contributed by atoms with Crippen molar-refractivity contribution in [3.8, 4) is 0 Å². The summed E-state index contributed by atoms with van der Waals surface area (Å²) in [5.41, 5.74) is -0.616. The first-order valence-corrected chi connectivity index (χ1v) is 8.10. The molecule has 1 spiro atoms. The van der Waals surface area contributed by atoms with E-state index in [4.69, 9.17) is 14.2 Å². The Morgan fingerprint density at radius 1 is 1.32 bits per heavy atom. The van der Waals surface area contributed by atoms with Crippen molar-refractivity contribution in [3.63, 3.8) is 0 Å². The number of hydrogen-bond acceptors (Lipinski definition) is 5. The topological polar surface area (TPSA) is 61.8 Å². The van der Waals surface area contributed by atoms with Crippen LogP contribution in [0, 0.1) is 16.2 Å². The third-order valence-corrected chi connectivity index (χ3v) is 6.31. The Morgan fingerprint density at radius 3 is 2.68 bits per heavy atom. The molecule has 0 unspecified atom stereocenters. The van der Waals surface area contributed by atoms with Gasteiger partial charge in [0.15, 0.2) is 11.9 Å². The van der Waals surface area contributed by atoms with Crippen molar-refractivity contribution in [1.82, 2.24) is 0 Å². The quantitative estimate of drug-likeness (QED) is 0.589. The van der Waals surface area contributed by atoms with Crippen molar-refractivity contribution in [2.45, 2.75) is 65.1 Å². The van der Waals surface area contributed by atoms with E-state index in [0.717, 1.165) is 25.7 Å². The molecule has 0 aliphatic heterocycles. The molecule has 0 aromatic heterocycles. The Morgan fingerprint density at radius 2 is 2.05 bits per heavy atom. The van der Waals surface area contributed by atoms with E-state index < -0.39 is 11.5 Å². The van der Waals surface area contributed by atoms with Crippen LogP contribution in [0.15, 0.2) is 0 Å². The first-order chi connectivity index (χ1) is 10.3. The Kier molecular flexibility index (Phi) is 3.64. The van der Waals surface area contributed by atoms with Gasteiger partial charge in [0.2, 0.25) is 0 Å². The molecular formula is C17H26O5. The number of carbonyl (C=O) groups excluding carboxylic acids is 2. The average molecular weight is 310 g/mol. The summed E-state index contributed by atoms with van der Waals surface area (Å²) in [5.74, 6) is -0.330. The van der Waals surface area contributed by atoms with E-state index >= 15 is 0 Å². The second-order valence-electron chi connectivity index (χ2n) is 7.87. The molecule has 124 valence electrons. The molecule has 0 aromatic carbocycles. The minimum Gasteiger partial charge on any atom is -0.454 e. The van der Waals surface area contributed by atoms with Crippen LogP contribution >= 0.6 is 0 Å². The van der Waals surface area contributed by atoms with E-state index in [9.17, 15) is 9.59 Å². The molecule has 0 heterocycles. The largest absolute Gasteiger partial charge is 0.454 e. The minimum absolute atomic E-state index is 0.0214. The lowest BCUT2D eigenvalue weighted by Gasteiger charge is -2.50. The number of Topliss-reactive ketones (excluding diaryl/α,β-unsaturated/α-hetero) is 1. The van der Waals surface area contributed by atoms with Crippen LogP contribution in [-0.4, -0.2) is 37.9 Å². The van der Waals surface area contributed by atoms with Crippen molar-refractivity contribution >= 4 is 11.8 Å². The molecule has 5 atom stereocenters. The van der Waals surface area contributed by atoms with Crippen molar-refractivity contribution in [1.29, 1.82) is 0 Å². The molecule has 0 saturated heterocycles.